The minimum Gasteiger partial charge on any atom is -0.481 e. The number of carboxylic acids is 1. The van der Waals surface area contributed by atoms with Crippen LogP contribution in [0.25, 0.3) is 0 Å². The van der Waals surface area contributed by atoms with Crippen LogP contribution in [0, 0.1) is 0 Å². The molecule has 0 aromatic rings. The van der Waals surface area contributed by atoms with Crippen LogP contribution < -0.4 is 5.32 Å². The third-order valence-corrected chi connectivity index (χ3v) is 4.21. The van der Waals surface area contributed by atoms with Gasteiger partial charge in [0.05, 0.1) is 6.42 Å². The average molecular weight is 439 g/mol. The zero-order valence-electron chi connectivity index (χ0n) is 18.6. The maximum Gasteiger partial charge on any atom is 0.408 e. The van der Waals surface area contributed by atoms with E-state index in [0.717, 1.165) is 5.01 Å². The van der Waals surface area contributed by atoms with E-state index in [9.17, 15) is 24.0 Å². The number of carbonyl (C=O) groups excluding carboxylic acids is 4. The lowest BCUT2D eigenvalue weighted by atomic mass is 10.0. The molecule has 31 heavy (non-hydrogen) atoms. The van der Waals surface area contributed by atoms with Crippen LogP contribution >= 0.6 is 0 Å². The number of carbonyl (C=O) groups is 5. The van der Waals surface area contributed by atoms with Crippen molar-refractivity contribution in [3.63, 3.8) is 0 Å². The first-order valence-corrected chi connectivity index (χ1v) is 9.89. The molecule has 2 aliphatic rings. The number of ether oxygens (including phenoxy) is 2. The number of amides is 2. The Kier molecular flexibility index (Phi) is 6.79. The molecule has 2 amide bonds. The summed E-state index contributed by atoms with van der Waals surface area (Å²) in [5.74, 6) is -3.20. The molecule has 2 rings (SSSR count). The van der Waals surface area contributed by atoms with Gasteiger partial charge in [0.15, 0.2) is 11.5 Å². The van der Waals surface area contributed by atoms with Gasteiger partial charge in [-0.25, -0.2) is 19.6 Å². The van der Waals surface area contributed by atoms with Crippen LogP contribution in [0.3, 0.4) is 0 Å². The molecule has 0 saturated carbocycles. The molecule has 2 aliphatic heterocycles. The van der Waals surface area contributed by atoms with Gasteiger partial charge in [0.25, 0.3) is 5.91 Å². The molecule has 0 aliphatic carbocycles. The third-order valence-electron chi connectivity index (χ3n) is 4.21. The molecule has 1 saturated heterocycles. The van der Waals surface area contributed by atoms with Gasteiger partial charge in [0, 0.05) is 25.1 Å². The van der Waals surface area contributed by atoms with E-state index >= 15 is 0 Å². The standard InChI is InChI=1S/C20H29N3O8/c1-19(2,3)30-17(28)15-11(13(24)7-8-14(25)26)9-22-10-12(16(27)23(15)22)21-18(29)31-20(4,5)6/h12H,7-10H2,1-6H3,(H,21,29)(H,25,26). The Balaban J connectivity index is 2.28. The van der Waals surface area contributed by atoms with Crippen LogP contribution in [-0.4, -0.2) is 75.2 Å². The summed E-state index contributed by atoms with van der Waals surface area (Å²) < 4.78 is 10.5. The van der Waals surface area contributed by atoms with Crippen molar-refractivity contribution in [2.24, 2.45) is 0 Å². The van der Waals surface area contributed by atoms with Gasteiger partial charge in [-0.05, 0) is 41.5 Å². The summed E-state index contributed by atoms with van der Waals surface area (Å²) in [5, 5.41) is 13.8. The number of rotatable bonds is 6. The summed E-state index contributed by atoms with van der Waals surface area (Å²) >= 11 is 0. The minimum absolute atomic E-state index is 0.0135. The smallest absolute Gasteiger partial charge is 0.408 e. The fourth-order valence-corrected chi connectivity index (χ4v) is 3.11. The van der Waals surface area contributed by atoms with Crippen molar-refractivity contribution in [3.05, 3.63) is 11.3 Å². The Morgan fingerprint density at radius 1 is 1.03 bits per heavy atom. The normalized spacial score (nSPS) is 19.4. The highest BCUT2D eigenvalue weighted by Crippen LogP contribution is 2.32. The van der Waals surface area contributed by atoms with Crippen molar-refractivity contribution < 1.29 is 38.6 Å². The zero-order chi connectivity index (χ0) is 23.7. The Morgan fingerprint density at radius 2 is 1.61 bits per heavy atom. The van der Waals surface area contributed by atoms with E-state index in [1.807, 2.05) is 0 Å². The van der Waals surface area contributed by atoms with Crippen LogP contribution in [0.2, 0.25) is 0 Å². The second-order valence-electron chi connectivity index (χ2n) is 9.34. The molecule has 1 fully saturated rings. The number of aliphatic carboxylic acids is 1. The summed E-state index contributed by atoms with van der Waals surface area (Å²) in [5.41, 5.74) is -1.87. The lowest BCUT2D eigenvalue weighted by Crippen LogP contribution is -2.45. The molecule has 0 aromatic carbocycles. The number of nitrogens with one attached hydrogen (secondary N) is 1. The van der Waals surface area contributed by atoms with Crippen LogP contribution in [0.4, 0.5) is 4.79 Å². The highest BCUT2D eigenvalue weighted by Gasteiger charge is 2.50. The maximum atomic E-state index is 13.0. The van der Waals surface area contributed by atoms with E-state index in [-0.39, 0.29) is 30.8 Å². The monoisotopic (exact) mass is 439 g/mol. The quantitative estimate of drug-likeness (QED) is 0.579. The minimum atomic E-state index is -1.15. The highest BCUT2D eigenvalue weighted by atomic mass is 16.6. The summed E-state index contributed by atoms with van der Waals surface area (Å²) in [7, 11) is 0. The van der Waals surface area contributed by atoms with Crippen molar-refractivity contribution >= 4 is 29.7 Å². The number of alkyl carbamates (subject to hydrolysis) is 1. The fourth-order valence-electron chi connectivity index (χ4n) is 3.11. The first-order chi connectivity index (χ1) is 14.1. The number of ketones is 1. The predicted octanol–water partition coefficient (Wildman–Crippen LogP) is 0.982. The first kappa shape index (κ1) is 24.3. The van der Waals surface area contributed by atoms with Crippen LogP contribution in [-0.2, 0) is 28.7 Å². The number of fused-ring (bicyclic) bond motifs is 1. The average Bonchev–Trinajstić information content (AvgIpc) is 3.07. The van der Waals surface area contributed by atoms with Crippen molar-refractivity contribution in [2.45, 2.75) is 71.6 Å². The van der Waals surface area contributed by atoms with Crippen molar-refractivity contribution in [2.75, 3.05) is 13.1 Å². The lowest BCUT2D eigenvalue weighted by molar-refractivity contribution is -0.156. The van der Waals surface area contributed by atoms with Gasteiger partial charge in [0.2, 0.25) is 0 Å². The number of carboxylic acid groups (broad SMARTS) is 1. The molecule has 1 unspecified atom stereocenters. The van der Waals surface area contributed by atoms with Gasteiger partial charge >= 0.3 is 18.0 Å². The fraction of sp³-hybridized carbons (Fsp3) is 0.650. The Morgan fingerprint density at radius 3 is 2.13 bits per heavy atom. The molecule has 2 heterocycles. The Bertz CT molecular complexity index is 834. The van der Waals surface area contributed by atoms with E-state index in [2.05, 4.69) is 5.32 Å². The number of Topliss-reactive ketones (excluding diaryl/α,β-unsaturated/α-hetero) is 1. The number of hydrazine groups is 1. The van der Waals surface area contributed by atoms with Crippen molar-refractivity contribution in [1.29, 1.82) is 0 Å². The SMILES string of the molecule is CC(C)(C)OC(=O)NC1CN2CC(C(=O)CCC(=O)O)=C(C(=O)OC(C)(C)C)N2C1=O. The maximum absolute atomic E-state index is 13.0. The van der Waals surface area contributed by atoms with Crippen LogP contribution in [0.5, 0.6) is 0 Å². The zero-order valence-corrected chi connectivity index (χ0v) is 18.6. The number of nitrogens with zero attached hydrogens (tertiary/aromatic N) is 2. The molecule has 172 valence electrons. The van der Waals surface area contributed by atoms with Crippen LogP contribution in [0.15, 0.2) is 11.3 Å². The number of esters is 1. The summed E-state index contributed by atoms with van der Waals surface area (Å²) in [6.07, 6.45) is -1.50. The second kappa shape index (κ2) is 8.66. The van der Waals surface area contributed by atoms with Crippen molar-refractivity contribution in [1.82, 2.24) is 15.3 Å². The van der Waals surface area contributed by atoms with E-state index in [1.165, 1.54) is 5.01 Å². The summed E-state index contributed by atoms with van der Waals surface area (Å²) in [6, 6.07) is -0.983. The molecule has 0 aromatic heterocycles. The molecule has 0 bridgehead atoms. The number of hydrogen-bond acceptors (Lipinski definition) is 8. The Labute approximate surface area is 180 Å². The molecule has 0 radical (unpaired) electrons. The van der Waals surface area contributed by atoms with Gasteiger partial charge < -0.3 is 19.9 Å². The molecule has 1 atom stereocenters. The third kappa shape index (κ3) is 6.27. The van der Waals surface area contributed by atoms with Crippen LogP contribution in [0.1, 0.15) is 54.4 Å². The largest absolute Gasteiger partial charge is 0.481 e. The second-order valence-corrected chi connectivity index (χ2v) is 9.34. The van der Waals surface area contributed by atoms with Crippen molar-refractivity contribution in [3.8, 4) is 0 Å². The van der Waals surface area contributed by atoms with E-state index in [0.29, 0.717) is 0 Å². The first-order valence-electron chi connectivity index (χ1n) is 9.89. The molecule has 0 spiro atoms. The van der Waals surface area contributed by atoms with Gasteiger partial charge in [-0.2, -0.15) is 0 Å². The number of hydrogen-bond donors (Lipinski definition) is 2. The molecule has 2 N–H and O–H groups in total. The lowest BCUT2D eigenvalue weighted by Gasteiger charge is -2.24. The topological polar surface area (TPSA) is 143 Å². The van der Waals surface area contributed by atoms with E-state index in [1.54, 1.807) is 41.5 Å². The highest BCUT2D eigenvalue weighted by molar-refractivity contribution is 6.08. The molecular formula is C20H29N3O8. The molecular weight excluding hydrogens is 410 g/mol. The predicted molar refractivity (Wildman–Crippen MR) is 106 cm³/mol. The summed E-state index contributed by atoms with van der Waals surface area (Å²) in [6.45, 7) is 9.91. The van der Waals surface area contributed by atoms with E-state index < -0.39 is 53.4 Å². The van der Waals surface area contributed by atoms with Gasteiger partial charge in [0.1, 0.15) is 17.2 Å². The van der Waals surface area contributed by atoms with Gasteiger partial charge in [-0.3, -0.25) is 14.4 Å². The molecule has 11 nitrogen and oxygen atoms in total. The van der Waals surface area contributed by atoms with E-state index in [4.69, 9.17) is 14.6 Å². The summed E-state index contributed by atoms with van der Waals surface area (Å²) in [4.78, 5) is 61.3. The Hall–Kier alpha value is -2.95. The molecule has 11 heteroatoms. The van der Waals surface area contributed by atoms with Gasteiger partial charge in [-0.1, -0.05) is 0 Å². The van der Waals surface area contributed by atoms with Gasteiger partial charge in [-0.15, -0.1) is 0 Å².